The molecule has 5 rings (SSSR count). The zero-order valence-electron chi connectivity index (χ0n) is 18.5. The van der Waals surface area contributed by atoms with Crippen molar-refractivity contribution in [3.8, 4) is 5.69 Å². The quantitative estimate of drug-likeness (QED) is 0.487. The van der Waals surface area contributed by atoms with E-state index < -0.39 is 0 Å². The fourth-order valence-corrected chi connectivity index (χ4v) is 5.48. The number of morpholine rings is 1. The number of likely N-dealkylation sites (tertiary alicyclic amines) is 1. The summed E-state index contributed by atoms with van der Waals surface area (Å²) in [5.41, 5.74) is 2.49. The van der Waals surface area contributed by atoms with E-state index in [9.17, 15) is 0 Å². The molecular formula is C25H31N5OS. The first-order valence-electron chi connectivity index (χ1n) is 11.6. The summed E-state index contributed by atoms with van der Waals surface area (Å²) in [6, 6.07) is 21.2. The third kappa shape index (κ3) is 5.41. The number of aromatic nitrogens is 3. The van der Waals surface area contributed by atoms with Crippen molar-refractivity contribution in [2.24, 2.45) is 0 Å². The van der Waals surface area contributed by atoms with Crippen molar-refractivity contribution in [3.63, 3.8) is 0 Å². The van der Waals surface area contributed by atoms with Gasteiger partial charge in [0.25, 0.3) is 0 Å². The minimum atomic E-state index is 0.195. The Morgan fingerprint density at radius 3 is 2.38 bits per heavy atom. The number of hydrogen-bond donors (Lipinski definition) is 0. The van der Waals surface area contributed by atoms with Crippen molar-refractivity contribution in [2.75, 3.05) is 38.5 Å². The SMILES string of the molecule is c1ccc(CN2CCO[C@H](CSc3nnc(CN4CCCC4)n3-c3ccccc3)C2)cc1. The molecule has 1 atom stereocenters. The second-order valence-corrected chi connectivity index (χ2v) is 9.56. The van der Waals surface area contributed by atoms with Crippen molar-refractivity contribution in [2.45, 2.75) is 37.2 Å². The molecule has 32 heavy (non-hydrogen) atoms. The minimum Gasteiger partial charge on any atom is -0.375 e. The highest BCUT2D eigenvalue weighted by molar-refractivity contribution is 7.99. The highest BCUT2D eigenvalue weighted by Crippen LogP contribution is 2.25. The average molecular weight is 450 g/mol. The molecule has 0 radical (unpaired) electrons. The van der Waals surface area contributed by atoms with Gasteiger partial charge in [0.2, 0.25) is 0 Å². The van der Waals surface area contributed by atoms with Crippen molar-refractivity contribution in [3.05, 3.63) is 72.1 Å². The number of benzene rings is 2. The van der Waals surface area contributed by atoms with Gasteiger partial charge in [0.05, 0.1) is 19.3 Å². The van der Waals surface area contributed by atoms with Crippen LogP contribution in [-0.4, -0.2) is 69.2 Å². The molecule has 6 nitrogen and oxygen atoms in total. The summed E-state index contributed by atoms with van der Waals surface area (Å²) in [6.45, 7) is 6.84. The summed E-state index contributed by atoms with van der Waals surface area (Å²) < 4.78 is 8.33. The summed E-state index contributed by atoms with van der Waals surface area (Å²) in [7, 11) is 0. The Labute approximate surface area is 194 Å². The smallest absolute Gasteiger partial charge is 0.195 e. The van der Waals surface area contributed by atoms with Gasteiger partial charge in [0.15, 0.2) is 11.0 Å². The van der Waals surface area contributed by atoms with Gasteiger partial charge in [-0.3, -0.25) is 14.4 Å². The van der Waals surface area contributed by atoms with E-state index in [1.807, 2.05) is 0 Å². The molecule has 0 aliphatic carbocycles. The van der Waals surface area contributed by atoms with E-state index >= 15 is 0 Å². The highest BCUT2D eigenvalue weighted by atomic mass is 32.2. The van der Waals surface area contributed by atoms with Crippen LogP contribution in [-0.2, 0) is 17.8 Å². The molecule has 0 N–H and O–H groups in total. The van der Waals surface area contributed by atoms with Gasteiger partial charge in [-0.15, -0.1) is 10.2 Å². The van der Waals surface area contributed by atoms with Crippen LogP contribution in [0.25, 0.3) is 5.69 Å². The van der Waals surface area contributed by atoms with Crippen molar-refractivity contribution < 1.29 is 4.74 Å². The fourth-order valence-electron chi connectivity index (χ4n) is 4.51. The number of thioether (sulfide) groups is 1. The molecule has 7 heteroatoms. The molecule has 1 aromatic heterocycles. The van der Waals surface area contributed by atoms with Gasteiger partial charge in [-0.2, -0.15) is 0 Å². The molecule has 0 spiro atoms. The lowest BCUT2D eigenvalue weighted by atomic mass is 10.2. The summed E-state index contributed by atoms with van der Waals surface area (Å²) in [5, 5.41) is 10.1. The monoisotopic (exact) mass is 449 g/mol. The summed E-state index contributed by atoms with van der Waals surface area (Å²) in [5.74, 6) is 1.90. The number of hydrogen-bond acceptors (Lipinski definition) is 6. The van der Waals surface area contributed by atoms with Crippen LogP contribution in [0.3, 0.4) is 0 Å². The van der Waals surface area contributed by atoms with Gasteiger partial charge in [-0.05, 0) is 43.6 Å². The molecule has 168 valence electrons. The van der Waals surface area contributed by atoms with Gasteiger partial charge >= 0.3 is 0 Å². The Hall–Kier alpha value is -2.19. The Morgan fingerprint density at radius 2 is 1.59 bits per heavy atom. The predicted octanol–water partition coefficient (Wildman–Crippen LogP) is 3.86. The molecule has 2 fully saturated rings. The predicted molar refractivity (Wildman–Crippen MR) is 128 cm³/mol. The molecular weight excluding hydrogens is 418 g/mol. The van der Waals surface area contributed by atoms with E-state index in [-0.39, 0.29) is 6.10 Å². The topological polar surface area (TPSA) is 46.4 Å². The molecule has 0 amide bonds. The van der Waals surface area contributed by atoms with Gasteiger partial charge in [0.1, 0.15) is 0 Å². The molecule has 3 heterocycles. The van der Waals surface area contributed by atoms with Gasteiger partial charge < -0.3 is 4.74 Å². The first kappa shape index (κ1) is 21.6. The van der Waals surface area contributed by atoms with Crippen LogP contribution in [0, 0.1) is 0 Å². The van der Waals surface area contributed by atoms with Crippen LogP contribution in [0.15, 0.2) is 65.8 Å². The van der Waals surface area contributed by atoms with E-state index in [1.165, 1.54) is 18.4 Å². The van der Waals surface area contributed by atoms with E-state index in [1.54, 1.807) is 11.8 Å². The third-order valence-corrected chi connectivity index (χ3v) is 7.21. The molecule has 3 aromatic rings. The molecule has 2 aliphatic rings. The maximum absolute atomic E-state index is 6.10. The zero-order chi connectivity index (χ0) is 21.6. The number of para-hydroxylation sites is 1. The van der Waals surface area contributed by atoms with Crippen LogP contribution in [0.5, 0.6) is 0 Å². The van der Waals surface area contributed by atoms with E-state index in [4.69, 9.17) is 4.74 Å². The fraction of sp³-hybridized carbons (Fsp3) is 0.440. The average Bonchev–Trinajstić information content (AvgIpc) is 3.49. The standard InChI is InChI=1S/C25H31N5OS/c1-3-9-21(10-4-1)17-29-15-16-31-23(18-29)20-32-25-27-26-24(19-28-13-7-8-14-28)30(25)22-11-5-2-6-12-22/h1-6,9-12,23H,7-8,13-20H2/t23-/m0/s1. The van der Waals surface area contributed by atoms with E-state index in [2.05, 4.69) is 85.2 Å². The number of rotatable bonds is 8. The second kappa shape index (κ2) is 10.6. The highest BCUT2D eigenvalue weighted by Gasteiger charge is 2.23. The van der Waals surface area contributed by atoms with Gasteiger partial charge in [0, 0.05) is 31.1 Å². The summed E-state index contributed by atoms with van der Waals surface area (Å²) >= 11 is 1.75. The maximum atomic E-state index is 6.10. The summed E-state index contributed by atoms with van der Waals surface area (Å²) in [4.78, 5) is 4.97. The van der Waals surface area contributed by atoms with Crippen LogP contribution < -0.4 is 0 Å². The van der Waals surface area contributed by atoms with Gasteiger partial charge in [-0.1, -0.05) is 60.3 Å². The zero-order valence-corrected chi connectivity index (χ0v) is 19.3. The summed E-state index contributed by atoms with van der Waals surface area (Å²) in [6.07, 6.45) is 2.75. The van der Waals surface area contributed by atoms with Crippen LogP contribution in [0.1, 0.15) is 24.2 Å². The molecule has 0 saturated carbocycles. The largest absolute Gasteiger partial charge is 0.375 e. The number of nitrogens with zero attached hydrogens (tertiary/aromatic N) is 5. The van der Waals surface area contributed by atoms with Gasteiger partial charge in [-0.25, -0.2) is 0 Å². The molecule has 2 aromatic carbocycles. The molecule has 0 bridgehead atoms. The lowest BCUT2D eigenvalue weighted by Gasteiger charge is -2.32. The lowest BCUT2D eigenvalue weighted by molar-refractivity contribution is -0.0187. The Morgan fingerprint density at radius 1 is 0.844 bits per heavy atom. The molecule has 2 aliphatic heterocycles. The molecule has 2 saturated heterocycles. The Bertz CT molecular complexity index is 975. The maximum Gasteiger partial charge on any atom is 0.195 e. The van der Waals surface area contributed by atoms with Crippen molar-refractivity contribution in [1.82, 2.24) is 24.6 Å². The lowest BCUT2D eigenvalue weighted by Crippen LogP contribution is -2.43. The second-order valence-electron chi connectivity index (χ2n) is 8.58. The van der Waals surface area contributed by atoms with Crippen molar-refractivity contribution in [1.29, 1.82) is 0 Å². The normalized spacial score (nSPS) is 20.1. The van der Waals surface area contributed by atoms with Crippen LogP contribution in [0.4, 0.5) is 0 Å². The van der Waals surface area contributed by atoms with Crippen LogP contribution in [0.2, 0.25) is 0 Å². The van der Waals surface area contributed by atoms with E-state index in [0.717, 1.165) is 68.3 Å². The number of ether oxygens (including phenoxy) is 1. The van der Waals surface area contributed by atoms with Crippen molar-refractivity contribution >= 4 is 11.8 Å². The Kier molecular flexibility index (Phi) is 7.18. The Balaban J connectivity index is 1.26. The minimum absolute atomic E-state index is 0.195. The first-order valence-corrected chi connectivity index (χ1v) is 12.6. The third-order valence-electron chi connectivity index (χ3n) is 6.15. The first-order chi connectivity index (χ1) is 15.8. The van der Waals surface area contributed by atoms with Crippen LogP contribution >= 0.6 is 11.8 Å². The molecule has 0 unspecified atom stereocenters. The van der Waals surface area contributed by atoms with E-state index in [0.29, 0.717) is 0 Å².